The second-order valence-electron chi connectivity index (χ2n) is 6.87. The number of morpholine rings is 1. The molecule has 0 unspecified atom stereocenters. The Morgan fingerprint density at radius 1 is 1.19 bits per heavy atom. The molecule has 0 spiro atoms. The predicted molar refractivity (Wildman–Crippen MR) is 115 cm³/mol. The number of esters is 1. The van der Waals surface area contributed by atoms with E-state index in [1.54, 1.807) is 13.0 Å². The number of carbonyl (C=O) groups excluding carboxylic acids is 2. The molecule has 0 radical (unpaired) electrons. The van der Waals surface area contributed by atoms with Gasteiger partial charge in [0.15, 0.2) is 6.10 Å². The van der Waals surface area contributed by atoms with Crippen molar-refractivity contribution in [2.24, 2.45) is 0 Å². The van der Waals surface area contributed by atoms with Crippen molar-refractivity contribution in [1.29, 1.82) is 0 Å². The molecule has 1 N–H and O–H groups in total. The van der Waals surface area contributed by atoms with Crippen molar-refractivity contribution in [3.05, 3.63) is 48.2 Å². The average molecular weight is 464 g/mol. The molecule has 1 atom stereocenters. The number of aromatic nitrogens is 1. The fourth-order valence-corrected chi connectivity index (χ4v) is 4.37. The third-order valence-electron chi connectivity index (χ3n) is 4.65. The van der Waals surface area contributed by atoms with Gasteiger partial charge in [0.05, 0.1) is 24.7 Å². The highest BCUT2D eigenvalue weighted by Crippen LogP contribution is 2.20. The number of benzene rings is 1. The molecule has 2 aromatic rings. The SMILES string of the molecule is CCOc1ncccc1C(=O)O[C@@H](C)C(=O)Nc1ccc(S(=O)(=O)N2CCOCC2)cc1. The second-order valence-corrected chi connectivity index (χ2v) is 8.80. The van der Waals surface area contributed by atoms with Crippen LogP contribution in [0.25, 0.3) is 0 Å². The molecule has 3 rings (SSSR count). The Morgan fingerprint density at radius 3 is 2.53 bits per heavy atom. The van der Waals surface area contributed by atoms with E-state index in [4.69, 9.17) is 14.2 Å². The van der Waals surface area contributed by atoms with Gasteiger partial charge in [-0.1, -0.05) is 0 Å². The lowest BCUT2D eigenvalue weighted by molar-refractivity contribution is -0.123. The molecule has 1 aromatic heterocycles. The zero-order chi connectivity index (χ0) is 23.1. The van der Waals surface area contributed by atoms with Crippen LogP contribution in [0.15, 0.2) is 47.5 Å². The van der Waals surface area contributed by atoms with Gasteiger partial charge in [0.2, 0.25) is 15.9 Å². The highest BCUT2D eigenvalue weighted by Gasteiger charge is 2.26. The smallest absolute Gasteiger partial charge is 0.344 e. The Balaban J connectivity index is 1.61. The molecule has 1 amide bonds. The Labute approximate surface area is 186 Å². The first-order valence-electron chi connectivity index (χ1n) is 10.1. The quantitative estimate of drug-likeness (QED) is 0.587. The zero-order valence-electron chi connectivity index (χ0n) is 17.8. The highest BCUT2D eigenvalue weighted by atomic mass is 32.2. The van der Waals surface area contributed by atoms with Gasteiger partial charge in [0.25, 0.3) is 5.91 Å². The summed E-state index contributed by atoms with van der Waals surface area (Å²) < 4.78 is 42.4. The Morgan fingerprint density at radius 2 is 1.88 bits per heavy atom. The average Bonchev–Trinajstić information content (AvgIpc) is 2.80. The molecule has 0 bridgehead atoms. The molecule has 2 heterocycles. The molecular weight excluding hydrogens is 438 g/mol. The van der Waals surface area contributed by atoms with E-state index in [9.17, 15) is 18.0 Å². The van der Waals surface area contributed by atoms with Gasteiger partial charge < -0.3 is 19.5 Å². The molecule has 0 aliphatic carbocycles. The van der Waals surface area contributed by atoms with Crippen molar-refractivity contribution >= 4 is 27.6 Å². The van der Waals surface area contributed by atoms with Crippen molar-refractivity contribution in [3.63, 3.8) is 0 Å². The summed E-state index contributed by atoms with van der Waals surface area (Å²) in [5.74, 6) is -1.18. The molecular formula is C21H25N3O7S. The van der Waals surface area contributed by atoms with Gasteiger partial charge in [-0.2, -0.15) is 4.31 Å². The molecule has 172 valence electrons. The standard InChI is InChI=1S/C21H25N3O7S/c1-3-30-20-18(5-4-10-22-20)21(26)31-15(2)19(25)23-16-6-8-17(9-7-16)32(27,28)24-11-13-29-14-12-24/h4-10,15H,3,11-14H2,1-2H3,(H,23,25)/t15-/m0/s1. The summed E-state index contributed by atoms with van der Waals surface area (Å²) in [4.78, 5) is 29.0. The maximum absolute atomic E-state index is 12.7. The third kappa shape index (κ3) is 5.61. The lowest BCUT2D eigenvalue weighted by Crippen LogP contribution is -2.40. The summed E-state index contributed by atoms with van der Waals surface area (Å²) in [5.41, 5.74) is 0.488. The number of hydrogen-bond acceptors (Lipinski definition) is 8. The van der Waals surface area contributed by atoms with E-state index in [1.165, 1.54) is 47.8 Å². The first kappa shape index (κ1) is 23.6. The highest BCUT2D eigenvalue weighted by molar-refractivity contribution is 7.89. The van der Waals surface area contributed by atoms with Gasteiger partial charge in [-0.15, -0.1) is 0 Å². The fourth-order valence-electron chi connectivity index (χ4n) is 2.97. The molecule has 32 heavy (non-hydrogen) atoms. The first-order valence-corrected chi connectivity index (χ1v) is 11.5. The van der Waals surface area contributed by atoms with Crippen LogP contribution in [0.3, 0.4) is 0 Å². The van der Waals surface area contributed by atoms with Crippen LogP contribution in [0.4, 0.5) is 5.69 Å². The minimum absolute atomic E-state index is 0.117. The Kier molecular flexibility index (Phi) is 7.78. The molecule has 1 aliphatic rings. The van der Waals surface area contributed by atoms with E-state index in [2.05, 4.69) is 10.3 Å². The van der Waals surface area contributed by atoms with E-state index < -0.39 is 28.0 Å². The van der Waals surface area contributed by atoms with Crippen LogP contribution in [0, 0.1) is 0 Å². The molecule has 1 aliphatic heterocycles. The van der Waals surface area contributed by atoms with Gasteiger partial charge in [0.1, 0.15) is 5.56 Å². The molecule has 1 fully saturated rings. The summed E-state index contributed by atoms with van der Waals surface area (Å²) in [7, 11) is -3.63. The maximum Gasteiger partial charge on any atom is 0.344 e. The van der Waals surface area contributed by atoms with Crippen LogP contribution >= 0.6 is 0 Å². The number of hydrogen-bond donors (Lipinski definition) is 1. The number of rotatable bonds is 8. The molecule has 11 heteroatoms. The van der Waals surface area contributed by atoms with Crippen LogP contribution in [0.1, 0.15) is 24.2 Å². The number of anilines is 1. The van der Waals surface area contributed by atoms with Gasteiger partial charge >= 0.3 is 5.97 Å². The Hall–Kier alpha value is -3.02. The number of amides is 1. The number of nitrogens with zero attached hydrogens (tertiary/aromatic N) is 2. The first-order chi connectivity index (χ1) is 15.3. The molecule has 1 saturated heterocycles. The van der Waals surface area contributed by atoms with Crippen LogP contribution in [-0.4, -0.2) is 68.6 Å². The predicted octanol–water partition coefficient (Wildman–Crippen LogP) is 1.69. The normalized spacial score (nSPS) is 15.6. The maximum atomic E-state index is 12.7. The second kappa shape index (κ2) is 10.5. The van der Waals surface area contributed by atoms with Gasteiger partial charge in [0, 0.05) is 25.0 Å². The Bertz CT molecular complexity index is 1050. The van der Waals surface area contributed by atoms with E-state index in [0.29, 0.717) is 38.6 Å². The van der Waals surface area contributed by atoms with Crippen LogP contribution in [0.2, 0.25) is 0 Å². The van der Waals surface area contributed by atoms with Crippen LogP contribution in [-0.2, 0) is 24.3 Å². The van der Waals surface area contributed by atoms with Crippen LogP contribution < -0.4 is 10.1 Å². The largest absolute Gasteiger partial charge is 0.477 e. The van der Waals surface area contributed by atoms with Gasteiger partial charge in [-0.25, -0.2) is 18.2 Å². The van der Waals surface area contributed by atoms with E-state index in [-0.39, 0.29) is 16.3 Å². The molecule has 1 aromatic carbocycles. The monoisotopic (exact) mass is 463 g/mol. The van der Waals surface area contributed by atoms with Crippen molar-refractivity contribution in [2.45, 2.75) is 24.8 Å². The lowest BCUT2D eigenvalue weighted by Gasteiger charge is -2.26. The number of pyridine rings is 1. The minimum atomic E-state index is -3.63. The number of sulfonamides is 1. The van der Waals surface area contributed by atoms with E-state index in [1.807, 2.05) is 0 Å². The van der Waals surface area contributed by atoms with Gasteiger partial charge in [-0.3, -0.25) is 4.79 Å². The number of carbonyl (C=O) groups is 2. The topological polar surface area (TPSA) is 124 Å². The van der Waals surface area contributed by atoms with Crippen molar-refractivity contribution in [1.82, 2.24) is 9.29 Å². The van der Waals surface area contributed by atoms with Gasteiger partial charge in [-0.05, 0) is 50.2 Å². The summed E-state index contributed by atoms with van der Waals surface area (Å²) >= 11 is 0. The summed E-state index contributed by atoms with van der Waals surface area (Å²) in [6, 6.07) is 8.86. The van der Waals surface area contributed by atoms with Crippen molar-refractivity contribution < 1.29 is 32.2 Å². The minimum Gasteiger partial charge on any atom is -0.477 e. The summed E-state index contributed by atoms with van der Waals surface area (Å²) in [6.45, 7) is 4.82. The number of nitrogens with one attached hydrogen (secondary N) is 1. The van der Waals surface area contributed by atoms with Crippen LogP contribution in [0.5, 0.6) is 5.88 Å². The third-order valence-corrected chi connectivity index (χ3v) is 6.57. The summed E-state index contributed by atoms with van der Waals surface area (Å²) in [5, 5.41) is 2.61. The van der Waals surface area contributed by atoms with Crippen molar-refractivity contribution in [2.75, 3.05) is 38.2 Å². The fraction of sp³-hybridized carbons (Fsp3) is 0.381. The van der Waals surface area contributed by atoms with E-state index in [0.717, 1.165) is 0 Å². The number of ether oxygens (including phenoxy) is 3. The summed E-state index contributed by atoms with van der Waals surface area (Å²) in [6.07, 6.45) is 0.384. The zero-order valence-corrected chi connectivity index (χ0v) is 18.6. The van der Waals surface area contributed by atoms with Crippen molar-refractivity contribution in [3.8, 4) is 5.88 Å². The molecule has 10 nitrogen and oxygen atoms in total. The van der Waals surface area contributed by atoms with E-state index >= 15 is 0 Å². The molecule has 0 saturated carbocycles. The lowest BCUT2D eigenvalue weighted by atomic mass is 10.2.